The third-order valence-corrected chi connectivity index (χ3v) is 4.64. The summed E-state index contributed by atoms with van der Waals surface area (Å²) in [6.07, 6.45) is 1.70. The van der Waals surface area contributed by atoms with Crippen molar-refractivity contribution in [2.75, 3.05) is 37.4 Å². The first-order valence-electron chi connectivity index (χ1n) is 9.44. The quantitative estimate of drug-likeness (QED) is 0.887. The number of carbonyl (C=O) groups excluding carboxylic acids is 1. The molecule has 1 N–H and O–H groups in total. The number of ether oxygens (including phenoxy) is 1. The summed E-state index contributed by atoms with van der Waals surface area (Å²) in [5.41, 5.74) is 1.23. The number of fused-ring (bicyclic) bond motifs is 1. The first kappa shape index (κ1) is 19.2. The average Bonchev–Trinajstić information content (AvgIpc) is 3.07. The van der Waals surface area contributed by atoms with E-state index in [1.807, 2.05) is 64.0 Å². The van der Waals surface area contributed by atoms with Gasteiger partial charge in [0.2, 0.25) is 0 Å². The molecule has 0 spiro atoms. The number of likely N-dealkylation sites (tertiary alicyclic amines) is 1. The molecule has 7 nitrogen and oxygen atoms in total. The fourth-order valence-corrected chi connectivity index (χ4v) is 3.41. The van der Waals surface area contributed by atoms with Crippen molar-refractivity contribution in [3.05, 3.63) is 24.3 Å². The van der Waals surface area contributed by atoms with Gasteiger partial charge in [-0.3, -0.25) is 0 Å². The lowest BCUT2D eigenvalue weighted by atomic mass is 10.2. The molecule has 1 amide bonds. The second-order valence-electron chi connectivity index (χ2n) is 7.98. The Labute approximate surface area is 160 Å². The maximum absolute atomic E-state index is 12.5. The Balaban J connectivity index is 1.79. The van der Waals surface area contributed by atoms with E-state index in [1.165, 1.54) is 0 Å². The zero-order chi connectivity index (χ0) is 19.6. The zero-order valence-electron chi connectivity index (χ0n) is 16.8. The molecule has 1 aliphatic rings. The fraction of sp³-hybridized carbons (Fsp3) is 0.550. The Morgan fingerprint density at radius 3 is 2.59 bits per heavy atom. The van der Waals surface area contributed by atoms with E-state index in [2.05, 4.69) is 15.2 Å². The molecule has 27 heavy (non-hydrogen) atoms. The number of likely N-dealkylation sites (N-methyl/N-ethyl adjacent to an activating group) is 1. The van der Waals surface area contributed by atoms with Gasteiger partial charge in [0.1, 0.15) is 5.60 Å². The van der Waals surface area contributed by atoms with E-state index in [9.17, 15) is 4.79 Å². The number of nitrogens with one attached hydrogen (secondary N) is 1. The van der Waals surface area contributed by atoms with Crippen molar-refractivity contribution in [2.45, 2.75) is 45.3 Å². The highest BCUT2D eigenvalue weighted by atomic mass is 16.6. The highest BCUT2D eigenvalue weighted by molar-refractivity contribution is 5.80. The second-order valence-corrected chi connectivity index (χ2v) is 7.98. The van der Waals surface area contributed by atoms with Gasteiger partial charge in [-0.2, -0.15) is 0 Å². The van der Waals surface area contributed by atoms with E-state index >= 15 is 0 Å². The van der Waals surface area contributed by atoms with Gasteiger partial charge in [0, 0.05) is 27.2 Å². The number of amides is 1. The van der Waals surface area contributed by atoms with E-state index in [-0.39, 0.29) is 12.1 Å². The molecule has 1 atom stereocenters. The maximum Gasteiger partial charge on any atom is 0.410 e. The van der Waals surface area contributed by atoms with Crippen LogP contribution in [0.4, 0.5) is 16.4 Å². The number of nitrogens with zero attached hydrogens (tertiary/aromatic N) is 4. The van der Waals surface area contributed by atoms with Crippen molar-refractivity contribution >= 4 is 28.8 Å². The molecule has 146 valence electrons. The van der Waals surface area contributed by atoms with E-state index in [1.54, 1.807) is 0 Å². The molecule has 1 saturated heterocycles. The van der Waals surface area contributed by atoms with Crippen LogP contribution < -0.4 is 10.2 Å². The van der Waals surface area contributed by atoms with Gasteiger partial charge >= 0.3 is 6.09 Å². The Morgan fingerprint density at radius 1 is 1.30 bits per heavy atom. The predicted octanol–water partition coefficient (Wildman–Crippen LogP) is 3.51. The normalized spacial score (nSPS) is 17.2. The van der Waals surface area contributed by atoms with Gasteiger partial charge in [-0.1, -0.05) is 12.1 Å². The molecular formula is C20H29N5O2. The van der Waals surface area contributed by atoms with E-state index in [0.717, 1.165) is 42.1 Å². The molecule has 3 rings (SSSR count). The van der Waals surface area contributed by atoms with E-state index < -0.39 is 5.60 Å². The molecule has 7 heteroatoms. The molecule has 0 saturated carbocycles. The van der Waals surface area contributed by atoms with Crippen molar-refractivity contribution in [1.82, 2.24) is 14.9 Å². The lowest BCUT2D eigenvalue weighted by Gasteiger charge is -2.31. The highest BCUT2D eigenvalue weighted by Gasteiger charge is 2.33. The fourth-order valence-electron chi connectivity index (χ4n) is 3.41. The van der Waals surface area contributed by atoms with Crippen LogP contribution in [0.15, 0.2) is 24.3 Å². The van der Waals surface area contributed by atoms with Crippen LogP contribution in [-0.4, -0.2) is 59.8 Å². The monoisotopic (exact) mass is 371 g/mol. The summed E-state index contributed by atoms with van der Waals surface area (Å²) in [6, 6.07) is 7.93. The summed E-state index contributed by atoms with van der Waals surface area (Å²) in [7, 11) is 3.84. The summed E-state index contributed by atoms with van der Waals surface area (Å²) in [6.45, 7) is 7.10. The van der Waals surface area contributed by atoms with Crippen molar-refractivity contribution in [1.29, 1.82) is 0 Å². The predicted molar refractivity (Wildman–Crippen MR) is 108 cm³/mol. The Bertz CT molecular complexity index is 818. The molecule has 1 unspecified atom stereocenters. The summed E-state index contributed by atoms with van der Waals surface area (Å²) in [5.74, 6) is 1.52. The van der Waals surface area contributed by atoms with Crippen molar-refractivity contribution in [3.63, 3.8) is 0 Å². The maximum atomic E-state index is 12.5. The SMILES string of the molecule is CNc1nc2ccccc2nc1N(C)CC1CCCN1C(=O)OC(C)(C)C. The third kappa shape index (κ3) is 4.40. The molecule has 2 aromatic rings. The third-order valence-electron chi connectivity index (χ3n) is 4.64. The lowest BCUT2D eigenvalue weighted by molar-refractivity contribution is 0.0232. The summed E-state index contributed by atoms with van der Waals surface area (Å²) < 4.78 is 5.57. The topological polar surface area (TPSA) is 70.6 Å². The Morgan fingerprint density at radius 2 is 1.96 bits per heavy atom. The number of hydrogen-bond acceptors (Lipinski definition) is 6. The molecule has 1 fully saturated rings. The number of hydrogen-bond donors (Lipinski definition) is 1. The molecule has 1 aliphatic heterocycles. The number of carbonyl (C=O) groups is 1. The number of anilines is 2. The van der Waals surface area contributed by atoms with Gasteiger partial charge in [-0.05, 0) is 45.7 Å². The van der Waals surface area contributed by atoms with Gasteiger partial charge < -0.3 is 19.9 Å². The molecular weight excluding hydrogens is 342 g/mol. The van der Waals surface area contributed by atoms with Crippen LogP contribution in [0, 0.1) is 0 Å². The Hall–Kier alpha value is -2.57. The summed E-state index contributed by atoms with van der Waals surface area (Å²) in [5, 5.41) is 3.14. The van der Waals surface area contributed by atoms with Gasteiger partial charge in [0.05, 0.1) is 17.1 Å². The molecule has 0 bridgehead atoms. The van der Waals surface area contributed by atoms with Gasteiger partial charge in [-0.15, -0.1) is 0 Å². The van der Waals surface area contributed by atoms with Crippen LogP contribution in [0.3, 0.4) is 0 Å². The van der Waals surface area contributed by atoms with Crippen LogP contribution in [0.1, 0.15) is 33.6 Å². The van der Waals surface area contributed by atoms with Crippen molar-refractivity contribution < 1.29 is 9.53 Å². The Kier molecular flexibility index (Phi) is 5.39. The lowest BCUT2D eigenvalue weighted by Crippen LogP contribution is -2.44. The molecule has 0 radical (unpaired) electrons. The summed E-state index contributed by atoms with van der Waals surface area (Å²) in [4.78, 5) is 25.9. The first-order valence-corrected chi connectivity index (χ1v) is 9.44. The minimum Gasteiger partial charge on any atom is -0.444 e. The van der Waals surface area contributed by atoms with E-state index in [4.69, 9.17) is 9.72 Å². The van der Waals surface area contributed by atoms with Gasteiger partial charge in [-0.25, -0.2) is 14.8 Å². The van der Waals surface area contributed by atoms with Gasteiger partial charge in [0.25, 0.3) is 0 Å². The van der Waals surface area contributed by atoms with Gasteiger partial charge in [0.15, 0.2) is 11.6 Å². The van der Waals surface area contributed by atoms with Crippen LogP contribution in [0.25, 0.3) is 11.0 Å². The standard InChI is InChI=1S/C20H29N5O2/c1-20(2,3)27-19(26)25-12-8-9-14(25)13-24(5)18-17(21-4)22-15-10-6-7-11-16(15)23-18/h6-7,10-11,14H,8-9,12-13H2,1-5H3,(H,21,22). The van der Waals surface area contributed by atoms with Crippen LogP contribution >= 0.6 is 0 Å². The number of para-hydroxylation sites is 2. The van der Waals surface area contributed by atoms with Crippen LogP contribution in [-0.2, 0) is 4.74 Å². The number of rotatable bonds is 4. The van der Waals surface area contributed by atoms with E-state index in [0.29, 0.717) is 6.54 Å². The van der Waals surface area contributed by atoms with Crippen molar-refractivity contribution in [3.8, 4) is 0 Å². The summed E-state index contributed by atoms with van der Waals surface area (Å²) >= 11 is 0. The number of benzene rings is 1. The highest BCUT2D eigenvalue weighted by Crippen LogP contribution is 2.27. The van der Waals surface area contributed by atoms with Crippen molar-refractivity contribution in [2.24, 2.45) is 0 Å². The smallest absolute Gasteiger partial charge is 0.410 e. The van der Waals surface area contributed by atoms with Crippen LogP contribution in [0.2, 0.25) is 0 Å². The largest absolute Gasteiger partial charge is 0.444 e. The minimum atomic E-state index is -0.487. The minimum absolute atomic E-state index is 0.0998. The second kappa shape index (κ2) is 7.58. The zero-order valence-corrected chi connectivity index (χ0v) is 16.8. The van der Waals surface area contributed by atoms with Crippen LogP contribution in [0.5, 0.6) is 0 Å². The first-order chi connectivity index (χ1) is 12.8. The molecule has 0 aliphatic carbocycles. The number of aromatic nitrogens is 2. The average molecular weight is 371 g/mol. The molecule has 1 aromatic heterocycles. The molecule has 1 aromatic carbocycles. The molecule has 2 heterocycles.